The van der Waals surface area contributed by atoms with Crippen LogP contribution in [0, 0.1) is 5.92 Å². The van der Waals surface area contributed by atoms with E-state index in [9.17, 15) is 8.42 Å². The first-order chi connectivity index (χ1) is 9.06. The van der Waals surface area contributed by atoms with Gasteiger partial charge in [-0.1, -0.05) is 19.1 Å². The van der Waals surface area contributed by atoms with Crippen LogP contribution in [0.15, 0.2) is 29.2 Å². The van der Waals surface area contributed by atoms with Crippen LogP contribution < -0.4 is 4.72 Å². The highest BCUT2D eigenvalue weighted by atomic mass is 32.2. The molecule has 1 aromatic carbocycles. The Bertz CT molecular complexity index is 523. The van der Waals surface area contributed by atoms with Gasteiger partial charge in [0.05, 0.1) is 4.90 Å². The van der Waals surface area contributed by atoms with Gasteiger partial charge in [0.15, 0.2) is 0 Å². The van der Waals surface area contributed by atoms with Gasteiger partial charge in [0, 0.05) is 12.6 Å². The molecule has 0 heterocycles. The second kappa shape index (κ2) is 6.03. The smallest absolute Gasteiger partial charge is 0.240 e. The third-order valence-electron chi connectivity index (χ3n) is 3.55. The predicted molar refractivity (Wildman–Crippen MR) is 74.4 cm³/mol. The van der Waals surface area contributed by atoms with Gasteiger partial charge < -0.3 is 5.11 Å². The molecule has 1 saturated carbocycles. The van der Waals surface area contributed by atoms with Gasteiger partial charge >= 0.3 is 0 Å². The quantitative estimate of drug-likeness (QED) is 0.800. The Morgan fingerprint density at radius 2 is 2.16 bits per heavy atom. The molecule has 2 N–H and O–H groups in total. The van der Waals surface area contributed by atoms with Crippen LogP contribution in [0.1, 0.15) is 31.7 Å². The highest BCUT2D eigenvalue weighted by Crippen LogP contribution is 2.34. The molecule has 0 saturated heterocycles. The van der Waals surface area contributed by atoms with E-state index in [2.05, 4.69) is 4.72 Å². The number of nitrogens with one attached hydrogen (secondary N) is 1. The minimum absolute atomic E-state index is 0.0126. The maximum atomic E-state index is 12.3. The minimum atomic E-state index is -3.48. The lowest BCUT2D eigenvalue weighted by molar-refractivity contribution is 0.265. The molecular weight excluding hydrogens is 262 g/mol. The molecular formula is C14H21NO3S. The Hall–Kier alpha value is -0.910. The molecule has 0 spiro atoms. The Balaban J connectivity index is 2.16. The van der Waals surface area contributed by atoms with Crippen LogP contribution in [0.2, 0.25) is 0 Å². The number of aliphatic hydroxyl groups excluding tert-OH is 1. The van der Waals surface area contributed by atoms with Gasteiger partial charge in [0.1, 0.15) is 0 Å². The van der Waals surface area contributed by atoms with Crippen molar-refractivity contribution in [1.29, 1.82) is 0 Å². The molecule has 1 aromatic rings. The second-order valence-electron chi connectivity index (χ2n) is 5.08. The summed E-state index contributed by atoms with van der Waals surface area (Å²) in [5.74, 6) is 0.385. The standard InChI is InChI=1S/C14H21NO3S/c1-2-11-4-3-5-13(10-11)19(17,18)15-14(8-9-16)12-6-7-12/h3-5,10,12,14-16H,2,6-9H2,1H3. The first-order valence-electron chi connectivity index (χ1n) is 6.79. The van der Waals surface area contributed by atoms with Crippen molar-refractivity contribution in [2.75, 3.05) is 6.61 Å². The fraction of sp³-hybridized carbons (Fsp3) is 0.571. The van der Waals surface area contributed by atoms with Crippen LogP contribution in [-0.4, -0.2) is 26.2 Å². The van der Waals surface area contributed by atoms with E-state index in [-0.39, 0.29) is 12.6 Å². The van der Waals surface area contributed by atoms with E-state index >= 15 is 0 Å². The maximum Gasteiger partial charge on any atom is 0.240 e. The van der Waals surface area contributed by atoms with Gasteiger partial charge in [0.25, 0.3) is 0 Å². The minimum Gasteiger partial charge on any atom is -0.396 e. The van der Waals surface area contributed by atoms with Crippen molar-refractivity contribution in [2.45, 2.75) is 43.5 Å². The van der Waals surface area contributed by atoms with Gasteiger partial charge in [-0.15, -0.1) is 0 Å². The van der Waals surface area contributed by atoms with E-state index in [1.165, 1.54) is 0 Å². The van der Waals surface area contributed by atoms with Gasteiger partial charge in [-0.25, -0.2) is 13.1 Å². The van der Waals surface area contributed by atoms with Crippen molar-refractivity contribution >= 4 is 10.0 Å². The molecule has 1 fully saturated rings. The van der Waals surface area contributed by atoms with Crippen LogP contribution in [-0.2, 0) is 16.4 Å². The van der Waals surface area contributed by atoms with Crippen LogP contribution in [0.5, 0.6) is 0 Å². The molecule has 106 valence electrons. The van der Waals surface area contributed by atoms with Crippen LogP contribution in [0.4, 0.5) is 0 Å². The zero-order valence-corrected chi connectivity index (χ0v) is 12.0. The van der Waals surface area contributed by atoms with Crippen LogP contribution >= 0.6 is 0 Å². The second-order valence-corrected chi connectivity index (χ2v) is 6.79. The van der Waals surface area contributed by atoms with Crippen molar-refractivity contribution in [2.24, 2.45) is 5.92 Å². The van der Waals surface area contributed by atoms with Crippen molar-refractivity contribution < 1.29 is 13.5 Å². The lowest BCUT2D eigenvalue weighted by Gasteiger charge is -2.17. The molecule has 19 heavy (non-hydrogen) atoms. The largest absolute Gasteiger partial charge is 0.396 e. The summed E-state index contributed by atoms with van der Waals surface area (Å²) in [4.78, 5) is 0.315. The molecule has 1 aliphatic carbocycles. The predicted octanol–water partition coefficient (Wildman–Crippen LogP) is 1.69. The number of hydrogen-bond donors (Lipinski definition) is 2. The molecule has 1 unspecified atom stereocenters. The SMILES string of the molecule is CCc1cccc(S(=O)(=O)NC(CCO)C2CC2)c1. The molecule has 0 aromatic heterocycles. The summed E-state index contributed by atoms with van der Waals surface area (Å²) in [6.45, 7) is 2.01. The summed E-state index contributed by atoms with van der Waals surface area (Å²) in [5.41, 5.74) is 1.01. The summed E-state index contributed by atoms with van der Waals surface area (Å²) in [6.07, 6.45) is 3.38. The van der Waals surface area contributed by atoms with Gasteiger partial charge in [-0.2, -0.15) is 0 Å². The lowest BCUT2D eigenvalue weighted by Crippen LogP contribution is -2.37. The molecule has 1 atom stereocenters. The molecule has 5 heteroatoms. The average Bonchev–Trinajstić information content (AvgIpc) is 3.22. The Kier molecular flexibility index (Phi) is 4.60. The number of benzene rings is 1. The van der Waals surface area contributed by atoms with Crippen molar-refractivity contribution in [1.82, 2.24) is 4.72 Å². The molecule has 0 aliphatic heterocycles. The Morgan fingerprint density at radius 3 is 2.74 bits per heavy atom. The summed E-state index contributed by atoms with van der Waals surface area (Å²) < 4.78 is 27.4. The molecule has 0 bridgehead atoms. The first kappa shape index (κ1) is 14.5. The van der Waals surface area contributed by atoms with Crippen LogP contribution in [0.25, 0.3) is 0 Å². The fourth-order valence-corrected chi connectivity index (χ4v) is 3.64. The topological polar surface area (TPSA) is 66.4 Å². The van der Waals surface area contributed by atoms with E-state index in [1.807, 2.05) is 13.0 Å². The van der Waals surface area contributed by atoms with E-state index in [0.717, 1.165) is 24.8 Å². The summed E-state index contributed by atoms with van der Waals surface area (Å²) in [6, 6.07) is 6.88. The Labute approximate surface area is 114 Å². The molecule has 4 nitrogen and oxygen atoms in total. The van der Waals surface area contributed by atoms with Gasteiger partial charge in [-0.05, 0) is 49.3 Å². The third kappa shape index (κ3) is 3.78. The highest BCUT2D eigenvalue weighted by Gasteiger charge is 2.33. The molecule has 0 radical (unpaired) electrons. The zero-order chi connectivity index (χ0) is 13.9. The zero-order valence-electron chi connectivity index (χ0n) is 11.2. The van der Waals surface area contributed by atoms with Gasteiger partial charge in [-0.3, -0.25) is 0 Å². The van der Waals surface area contributed by atoms with E-state index in [1.54, 1.807) is 18.2 Å². The molecule has 0 amide bonds. The number of rotatable bonds is 7. The van der Waals surface area contributed by atoms with E-state index in [0.29, 0.717) is 17.2 Å². The normalized spacial score (nSPS) is 17.4. The summed E-state index contributed by atoms with van der Waals surface area (Å²) in [5, 5.41) is 9.03. The highest BCUT2D eigenvalue weighted by molar-refractivity contribution is 7.89. The van der Waals surface area contributed by atoms with Crippen LogP contribution in [0.3, 0.4) is 0 Å². The monoisotopic (exact) mass is 283 g/mol. The number of hydrogen-bond acceptors (Lipinski definition) is 3. The first-order valence-corrected chi connectivity index (χ1v) is 8.27. The van der Waals surface area contributed by atoms with Crippen molar-refractivity contribution in [3.05, 3.63) is 29.8 Å². The lowest BCUT2D eigenvalue weighted by atomic mass is 10.1. The van der Waals surface area contributed by atoms with E-state index < -0.39 is 10.0 Å². The Morgan fingerprint density at radius 1 is 1.42 bits per heavy atom. The third-order valence-corrected chi connectivity index (χ3v) is 5.04. The molecule has 1 aliphatic rings. The molecule has 2 rings (SSSR count). The average molecular weight is 283 g/mol. The number of aliphatic hydroxyl groups is 1. The summed E-state index contributed by atoms with van der Waals surface area (Å²) >= 11 is 0. The number of aryl methyl sites for hydroxylation is 1. The fourth-order valence-electron chi connectivity index (χ4n) is 2.23. The summed E-state index contributed by atoms with van der Waals surface area (Å²) in [7, 11) is -3.48. The maximum absolute atomic E-state index is 12.3. The van der Waals surface area contributed by atoms with Crippen molar-refractivity contribution in [3.8, 4) is 0 Å². The number of sulfonamides is 1. The van der Waals surface area contributed by atoms with Gasteiger partial charge in [0.2, 0.25) is 10.0 Å². The van der Waals surface area contributed by atoms with E-state index in [4.69, 9.17) is 5.11 Å². The van der Waals surface area contributed by atoms with Crippen molar-refractivity contribution in [3.63, 3.8) is 0 Å².